The van der Waals surface area contributed by atoms with Crippen LogP contribution in [0.3, 0.4) is 0 Å². The van der Waals surface area contributed by atoms with Crippen LogP contribution >= 0.6 is 0 Å². The third kappa shape index (κ3) is 1.94. The van der Waals surface area contributed by atoms with Crippen molar-refractivity contribution < 1.29 is 9.47 Å². The summed E-state index contributed by atoms with van der Waals surface area (Å²) >= 11 is 0. The van der Waals surface area contributed by atoms with Crippen LogP contribution in [-0.4, -0.2) is 39.5 Å². The molecule has 1 heterocycles. The second kappa shape index (κ2) is 3.91. The van der Waals surface area contributed by atoms with Gasteiger partial charge in [0.25, 0.3) is 0 Å². The summed E-state index contributed by atoms with van der Waals surface area (Å²) in [5.41, 5.74) is 0. The normalized spacial score (nSPS) is 33.0. The molecule has 1 aliphatic heterocycles. The fraction of sp³-hybridized carbons (Fsp3) is 1.00. The van der Waals surface area contributed by atoms with Gasteiger partial charge in [0.05, 0.1) is 12.7 Å². The van der Waals surface area contributed by atoms with Crippen LogP contribution in [0.1, 0.15) is 6.42 Å². The van der Waals surface area contributed by atoms with Crippen LogP contribution in [0, 0.1) is 0 Å². The zero-order valence-electron chi connectivity index (χ0n) is 6.59. The van der Waals surface area contributed by atoms with Crippen LogP contribution in [0.4, 0.5) is 0 Å². The lowest BCUT2D eigenvalue weighted by Gasteiger charge is -2.07. The molecule has 1 rings (SSSR count). The van der Waals surface area contributed by atoms with Crippen LogP contribution in [0.2, 0.25) is 0 Å². The molecule has 3 heteroatoms. The first-order valence-electron chi connectivity index (χ1n) is 3.62. The Kier molecular flexibility index (Phi) is 3.12. The topological polar surface area (TPSA) is 30.5 Å². The minimum Gasteiger partial charge on any atom is -0.383 e. The van der Waals surface area contributed by atoms with Crippen molar-refractivity contribution in [3.8, 4) is 0 Å². The molecule has 10 heavy (non-hydrogen) atoms. The Labute approximate surface area is 61.7 Å². The molecule has 60 valence electrons. The Morgan fingerprint density at radius 1 is 1.50 bits per heavy atom. The predicted molar refractivity (Wildman–Crippen MR) is 39.1 cm³/mol. The molecular formula is C7H15NO2. The molecule has 0 unspecified atom stereocenters. The maximum Gasteiger partial charge on any atom is 0.0711 e. The van der Waals surface area contributed by atoms with Crippen LogP contribution in [0.15, 0.2) is 0 Å². The van der Waals surface area contributed by atoms with Gasteiger partial charge in [-0.25, -0.2) is 0 Å². The lowest BCUT2D eigenvalue weighted by molar-refractivity contribution is 0.110. The minimum atomic E-state index is 0.389. The highest BCUT2D eigenvalue weighted by atomic mass is 16.5. The summed E-state index contributed by atoms with van der Waals surface area (Å²) in [4.78, 5) is 0. The van der Waals surface area contributed by atoms with E-state index in [1.54, 1.807) is 14.2 Å². The second-order valence-electron chi connectivity index (χ2n) is 2.65. The van der Waals surface area contributed by atoms with E-state index in [4.69, 9.17) is 9.47 Å². The van der Waals surface area contributed by atoms with Gasteiger partial charge in [-0.1, -0.05) is 0 Å². The van der Waals surface area contributed by atoms with Crippen LogP contribution in [0.25, 0.3) is 0 Å². The summed E-state index contributed by atoms with van der Waals surface area (Å²) in [7, 11) is 3.48. The molecule has 0 bridgehead atoms. The van der Waals surface area contributed by atoms with E-state index in [2.05, 4.69) is 5.32 Å². The van der Waals surface area contributed by atoms with Crippen molar-refractivity contribution in [3.05, 3.63) is 0 Å². The van der Waals surface area contributed by atoms with Gasteiger partial charge < -0.3 is 14.8 Å². The monoisotopic (exact) mass is 145 g/mol. The van der Waals surface area contributed by atoms with Crippen molar-refractivity contribution in [2.45, 2.75) is 18.6 Å². The van der Waals surface area contributed by atoms with E-state index in [0.717, 1.165) is 19.6 Å². The average Bonchev–Trinajstić information content (AvgIpc) is 2.37. The molecular weight excluding hydrogens is 130 g/mol. The number of ether oxygens (including phenoxy) is 2. The van der Waals surface area contributed by atoms with E-state index < -0.39 is 0 Å². The lowest BCUT2D eigenvalue weighted by atomic mass is 10.2. The molecule has 0 saturated carbocycles. The van der Waals surface area contributed by atoms with E-state index in [9.17, 15) is 0 Å². The van der Waals surface area contributed by atoms with Gasteiger partial charge in [0, 0.05) is 26.8 Å². The van der Waals surface area contributed by atoms with Crippen LogP contribution in [-0.2, 0) is 9.47 Å². The first kappa shape index (κ1) is 7.98. The molecule has 0 radical (unpaired) electrons. The van der Waals surface area contributed by atoms with Crippen molar-refractivity contribution in [1.82, 2.24) is 5.32 Å². The molecule has 1 saturated heterocycles. The van der Waals surface area contributed by atoms with Gasteiger partial charge in [-0.3, -0.25) is 0 Å². The van der Waals surface area contributed by atoms with Gasteiger partial charge in [0.15, 0.2) is 0 Å². The summed E-state index contributed by atoms with van der Waals surface area (Å²) in [6.45, 7) is 1.75. The third-order valence-corrected chi connectivity index (χ3v) is 1.88. The molecule has 0 spiro atoms. The number of methoxy groups -OCH3 is 2. The highest BCUT2D eigenvalue weighted by molar-refractivity contribution is 4.81. The van der Waals surface area contributed by atoms with E-state index in [1.165, 1.54) is 0 Å². The fourth-order valence-electron chi connectivity index (χ4n) is 1.29. The maximum atomic E-state index is 5.17. The zero-order valence-corrected chi connectivity index (χ0v) is 6.59. The Morgan fingerprint density at radius 3 is 2.80 bits per heavy atom. The highest BCUT2D eigenvalue weighted by Gasteiger charge is 2.22. The largest absolute Gasteiger partial charge is 0.383 e. The smallest absolute Gasteiger partial charge is 0.0711 e. The van der Waals surface area contributed by atoms with Crippen molar-refractivity contribution in [3.63, 3.8) is 0 Å². The van der Waals surface area contributed by atoms with Crippen molar-refractivity contribution in [2.75, 3.05) is 27.4 Å². The molecule has 0 aromatic rings. The number of hydrogen-bond donors (Lipinski definition) is 1. The summed E-state index contributed by atoms with van der Waals surface area (Å²) in [6, 6.07) is 0.495. The number of nitrogens with one attached hydrogen (secondary N) is 1. The molecule has 2 atom stereocenters. The summed E-state index contributed by atoms with van der Waals surface area (Å²) in [5.74, 6) is 0. The zero-order chi connectivity index (χ0) is 7.40. The maximum absolute atomic E-state index is 5.17. The van der Waals surface area contributed by atoms with Gasteiger partial charge in [-0.15, -0.1) is 0 Å². The summed E-state index contributed by atoms with van der Waals surface area (Å²) in [6.07, 6.45) is 1.46. The first-order valence-corrected chi connectivity index (χ1v) is 3.62. The molecule has 1 aliphatic rings. The fourth-order valence-corrected chi connectivity index (χ4v) is 1.29. The molecule has 1 N–H and O–H groups in total. The second-order valence-corrected chi connectivity index (χ2v) is 2.65. The Balaban J connectivity index is 2.15. The van der Waals surface area contributed by atoms with E-state index in [0.29, 0.717) is 12.1 Å². The van der Waals surface area contributed by atoms with Crippen molar-refractivity contribution in [1.29, 1.82) is 0 Å². The molecule has 0 amide bonds. The van der Waals surface area contributed by atoms with Crippen molar-refractivity contribution >= 4 is 0 Å². The summed E-state index contributed by atoms with van der Waals surface area (Å²) < 4.78 is 10.2. The molecule has 1 fully saturated rings. The third-order valence-electron chi connectivity index (χ3n) is 1.88. The highest BCUT2D eigenvalue weighted by Crippen LogP contribution is 2.08. The SMILES string of the molecule is COC[C@H]1C[C@@H](OC)CN1. The van der Waals surface area contributed by atoms with Gasteiger partial charge in [-0.05, 0) is 6.42 Å². The first-order chi connectivity index (χ1) is 4.86. The Hall–Kier alpha value is -0.120. The van der Waals surface area contributed by atoms with E-state index >= 15 is 0 Å². The Morgan fingerprint density at radius 2 is 2.30 bits per heavy atom. The van der Waals surface area contributed by atoms with Crippen LogP contribution < -0.4 is 5.32 Å². The minimum absolute atomic E-state index is 0.389. The molecule has 0 aliphatic carbocycles. The van der Waals surface area contributed by atoms with Gasteiger partial charge in [0.2, 0.25) is 0 Å². The average molecular weight is 145 g/mol. The molecule has 0 aromatic carbocycles. The predicted octanol–water partition coefficient (Wildman–Crippen LogP) is 0.00970. The summed E-state index contributed by atoms with van der Waals surface area (Å²) in [5, 5.41) is 3.31. The molecule has 0 aromatic heterocycles. The standard InChI is InChI=1S/C7H15NO2/c1-9-5-6-3-7(10-2)4-8-6/h6-8H,3-5H2,1-2H3/t6-,7-/m1/s1. The van der Waals surface area contributed by atoms with Crippen LogP contribution in [0.5, 0.6) is 0 Å². The van der Waals surface area contributed by atoms with Gasteiger partial charge >= 0.3 is 0 Å². The molecule has 3 nitrogen and oxygen atoms in total. The van der Waals surface area contributed by atoms with E-state index in [1.807, 2.05) is 0 Å². The number of hydrogen-bond acceptors (Lipinski definition) is 3. The quantitative estimate of drug-likeness (QED) is 0.607. The van der Waals surface area contributed by atoms with E-state index in [-0.39, 0.29) is 0 Å². The van der Waals surface area contributed by atoms with Gasteiger partial charge in [-0.2, -0.15) is 0 Å². The lowest BCUT2D eigenvalue weighted by Crippen LogP contribution is -2.25. The number of rotatable bonds is 3. The van der Waals surface area contributed by atoms with Gasteiger partial charge in [0.1, 0.15) is 0 Å². The van der Waals surface area contributed by atoms with Crippen molar-refractivity contribution in [2.24, 2.45) is 0 Å². The Bertz CT molecular complexity index is 97.6.